The summed E-state index contributed by atoms with van der Waals surface area (Å²) in [5, 5.41) is 8.36. The summed E-state index contributed by atoms with van der Waals surface area (Å²) in [5.74, 6) is -0.917. The lowest BCUT2D eigenvalue weighted by Gasteiger charge is -1.94. The summed E-state index contributed by atoms with van der Waals surface area (Å²) >= 11 is 0. The van der Waals surface area contributed by atoms with Gasteiger partial charge in [-0.15, -0.1) is 0 Å². The second-order valence-electron chi connectivity index (χ2n) is 1.54. The number of methoxy groups -OCH3 is 1. The van der Waals surface area contributed by atoms with Crippen LogP contribution in [0.25, 0.3) is 0 Å². The van der Waals surface area contributed by atoms with Crippen LogP contribution in [0.2, 0.25) is 0 Å². The molecule has 0 saturated carbocycles. The van der Waals surface area contributed by atoms with Crippen LogP contribution in [0.1, 0.15) is 13.3 Å². The fraction of sp³-hybridized carbons (Fsp3) is 0.500. The van der Waals surface area contributed by atoms with Gasteiger partial charge in [0.15, 0.2) is 0 Å². The topological polar surface area (TPSA) is 46.5 Å². The first-order chi connectivity index (χ1) is 4.22. The van der Waals surface area contributed by atoms with E-state index in [4.69, 9.17) is 5.11 Å². The highest BCUT2D eigenvalue weighted by Gasteiger charge is 2.02. The van der Waals surface area contributed by atoms with Crippen LogP contribution in [0.5, 0.6) is 0 Å². The minimum atomic E-state index is -0.917. The third kappa shape index (κ3) is 2.74. The average Bonchev–Trinajstić information content (AvgIpc) is 1.82. The van der Waals surface area contributed by atoms with Crippen LogP contribution in [0, 0.1) is 0 Å². The number of aliphatic carboxylic acids is 1. The van der Waals surface area contributed by atoms with Crippen LogP contribution in [0.3, 0.4) is 0 Å². The van der Waals surface area contributed by atoms with Crippen LogP contribution in [0.15, 0.2) is 11.8 Å². The lowest BCUT2D eigenvalue weighted by Crippen LogP contribution is -1.98. The van der Waals surface area contributed by atoms with Crippen molar-refractivity contribution in [3.63, 3.8) is 0 Å². The molecular weight excluding hydrogens is 120 g/mol. The first kappa shape index (κ1) is 8.01. The summed E-state index contributed by atoms with van der Waals surface area (Å²) in [6, 6.07) is 0. The molecule has 3 heteroatoms. The van der Waals surface area contributed by atoms with E-state index in [1.54, 1.807) is 6.92 Å². The van der Waals surface area contributed by atoms with Gasteiger partial charge >= 0.3 is 5.97 Å². The molecule has 1 N–H and O–H groups in total. The van der Waals surface area contributed by atoms with E-state index < -0.39 is 5.97 Å². The van der Waals surface area contributed by atoms with Crippen LogP contribution < -0.4 is 0 Å². The molecular formula is C6H10O3. The van der Waals surface area contributed by atoms with Crippen molar-refractivity contribution in [1.29, 1.82) is 0 Å². The molecule has 0 aliphatic heterocycles. The van der Waals surface area contributed by atoms with Crippen LogP contribution >= 0.6 is 0 Å². The van der Waals surface area contributed by atoms with E-state index in [2.05, 4.69) is 4.74 Å². The summed E-state index contributed by atoms with van der Waals surface area (Å²) in [5.41, 5.74) is 0.289. The predicted molar refractivity (Wildman–Crippen MR) is 33.0 cm³/mol. The number of carboxylic acids is 1. The Hall–Kier alpha value is -0.990. The summed E-state index contributed by atoms with van der Waals surface area (Å²) < 4.78 is 4.51. The van der Waals surface area contributed by atoms with Crippen LogP contribution in [0.4, 0.5) is 0 Å². The van der Waals surface area contributed by atoms with Crippen molar-refractivity contribution in [1.82, 2.24) is 0 Å². The molecule has 0 atom stereocenters. The van der Waals surface area contributed by atoms with E-state index in [1.165, 1.54) is 13.4 Å². The number of ether oxygens (including phenoxy) is 1. The summed E-state index contributed by atoms with van der Waals surface area (Å²) in [4.78, 5) is 10.2. The fourth-order valence-corrected chi connectivity index (χ4v) is 0.427. The molecule has 3 nitrogen and oxygen atoms in total. The molecule has 0 fully saturated rings. The molecule has 0 unspecified atom stereocenters. The smallest absolute Gasteiger partial charge is 0.334 e. The molecule has 0 bridgehead atoms. The molecule has 52 valence electrons. The van der Waals surface area contributed by atoms with E-state index >= 15 is 0 Å². The Balaban J connectivity index is 3.98. The Labute approximate surface area is 53.9 Å². The van der Waals surface area contributed by atoms with Crippen molar-refractivity contribution in [2.24, 2.45) is 0 Å². The van der Waals surface area contributed by atoms with E-state index in [0.717, 1.165) is 0 Å². The maximum absolute atomic E-state index is 10.2. The molecule has 0 rings (SSSR count). The molecule has 0 aromatic rings. The van der Waals surface area contributed by atoms with Gasteiger partial charge in [0.1, 0.15) is 0 Å². The highest BCUT2D eigenvalue weighted by molar-refractivity contribution is 5.86. The third-order valence-electron chi connectivity index (χ3n) is 0.916. The quantitative estimate of drug-likeness (QED) is 0.458. The van der Waals surface area contributed by atoms with E-state index in [1.807, 2.05) is 0 Å². The van der Waals surface area contributed by atoms with Crippen molar-refractivity contribution in [2.45, 2.75) is 13.3 Å². The van der Waals surface area contributed by atoms with Crippen molar-refractivity contribution in [2.75, 3.05) is 7.11 Å². The average molecular weight is 130 g/mol. The van der Waals surface area contributed by atoms with Gasteiger partial charge in [-0.1, -0.05) is 6.92 Å². The van der Waals surface area contributed by atoms with E-state index in [0.29, 0.717) is 6.42 Å². The molecule has 0 aliphatic rings. The molecule has 0 aliphatic carbocycles. The molecule has 0 heterocycles. The van der Waals surface area contributed by atoms with Gasteiger partial charge in [0.2, 0.25) is 0 Å². The lowest BCUT2D eigenvalue weighted by molar-refractivity contribution is -0.132. The maximum Gasteiger partial charge on any atom is 0.334 e. The van der Waals surface area contributed by atoms with E-state index in [-0.39, 0.29) is 5.57 Å². The number of carbonyl (C=O) groups is 1. The monoisotopic (exact) mass is 130 g/mol. The maximum atomic E-state index is 10.2. The van der Waals surface area contributed by atoms with Crippen LogP contribution in [-0.2, 0) is 9.53 Å². The third-order valence-corrected chi connectivity index (χ3v) is 0.916. The summed E-state index contributed by atoms with van der Waals surface area (Å²) in [6.07, 6.45) is 1.73. The Morgan fingerprint density at radius 2 is 2.33 bits per heavy atom. The predicted octanol–water partition coefficient (Wildman–Crippen LogP) is 1.01. The molecule has 0 saturated heterocycles. The fourth-order valence-electron chi connectivity index (χ4n) is 0.427. The number of carboxylic acid groups (broad SMARTS) is 1. The summed E-state index contributed by atoms with van der Waals surface area (Å²) in [7, 11) is 1.43. The molecule has 9 heavy (non-hydrogen) atoms. The van der Waals surface area contributed by atoms with Crippen molar-refractivity contribution in [3.05, 3.63) is 11.8 Å². The molecule has 0 aromatic heterocycles. The Morgan fingerprint density at radius 3 is 2.44 bits per heavy atom. The number of hydrogen-bond acceptors (Lipinski definition) is 2. The molecule has 0 spiro atoms. The Bertz CT molecular complexity index is 126. The second kappa shape index (κ2) is 3.95. The van der Waals surface area contributed by atoms with Gasteiger partial charge < -0.3 is 9.84 Å². The standard InChI is InChI=1S/C6H10O3/c1-3-5(4-9-2)6(7)8/h4H,3H2,1-2H3,(H,7,8)/b5-4+. The van der Waals surface area contributed by atoms with Gasteiger partial charge in [-0.2, -0.15) is 0 Å². The van der Waals surface area contributed by atoms with Gasteiger partial charge in [-0.3, -0.25) is 0 Å². The van der Waals surface area contributed by atoms with Crippen molar-refractivity contribution in [3.8, 4) is 0 Å². The van der Waals surface area contributed by atoms with Crippen molar-refractivity contribution < 1.29 is 14.6 Å². The van der Waals surface area contributed by atoms with Gasteiger partial charge in [0.05, 0.1) is 18.9 Å². The molecule has 0 radical (unpaired) electrons. The normalized spacial score (nSPS) is 11.1. The van der Waals surface area contributed by atoms with Gasteiger partial charge in [0.25, 0.3) is 0 Å². The highest BCUT2D eigenvalue weighted by atomic mass is 16.5. The SMILES string of the molecule is CC/C(=C\OC)C(=O)O. The van der Waals surface area contributed by atoms with Crippen LogP contribution in [-0.4, -0.2) is 18.2 Å². The first-order valence-corrected chi connectivity index (χ1v) is 2.67. The molecule has 0 aromatic carbocycles. The summed E-state index contributed by atoms with van der Waals surface area (Å²) in [6.45, 7) is 1.76. The van der Waals surface area contributed by atoms with E-state index in [9.17, 15) is 4.79 Å². The second-order valence-corrected chi connectivity index (χ2v) is 1.54. The zero-order chi connectivity index (χ0) is 7.28. The van der Waals surface area contributed by atoms with Gasteiger partial charge in [-0.05, 0) is 6.42 Å². The largest absolute Gasteiger partial charge is 0.504 e. The van der Waals surface area contributed by atoms with Gasteiger partial charge in [0, 0.05) is 0 Å². The van der Waals surface area contributed by atoms with Gasteiger partial charge in [-0.25, -0.2) is 4.79 Å². The Morgan fingerprint density at radius 1 is 1.78 bits per heavy atom. The minimum Gasteiger partial charge on any atom is -0.504 e. The zero-order valence-corrected chi connectivity index (χ0v) is 5.55. The van der Waals surface area contributed by atoms with Crippen molar-refractivity contribution >= 4 is 5.97 Å². The highest BCUT2D eigenvalue weighted by Crippen LogP contribution is 1.98. The lowest BCUT2D eigenvalue weighted by atomic mass is 10.2. The Kier molecular flexibility index (Phi) is 3.51. The minimum absolute atomic E-state index is 0.289. The molecule has 0 amide bonds. The number of rotatable bonds is 3. The zero-order valence-electron chi connectivity index (χ0n) is 5.55. The number of hydrogen-bond donors (Lipinski definition) is 1. The first-order valence-electron chi connectivity index (χ1n) is 2.67.